The maximum absolute atomic E-state index is 5.94. The molecule has 0 amide bonds. The van der Waals surface area contributed by atoms with E-state index in [-0.39, 0.29) is 6.17 Å². The van der Waals surface area contributed by atoms with Gasteiger partial charge in [-0.2, -0.15) is 0 Å². The van der Waals surface area contributed by atoms with Gasteiger partial charge in [-0.25, -0.2) is 4.99 Å². The molecule has 88 valence electrons. The van der Waals surface area contributed by atoms with E-state index in [0.717, 1.165) is 30.4 Å². The Balaban J connectivity index is 2.73. The van der Waals surface area contributed by atoms with E-state index in [2.05, 4.69) is 11.9 Å². The van der Waals surface area contributed by atoms with Gasteiger partial charge in [-0.3, -0.25) is 0 Å². The van der Waals surface area contributed by atoms with Crippen molar-refractivity contribution in [2.45, 2.75) is 39.3 Å². The largest absolute Gasteiger partial charge is 0.383 e. The number of rotatable bonds is 5. The summed E-state index contributed by atoms with van der Waals surface area (Å²) < 4.78 is 0. The van der Waals surface area contributed by atoms with E-state index >= 15 is 0 Å². The van der Waals surface area contributed by atoms with Crippen molar-refractivity contribution >= 4 is 5.84 Å². The maximum Gasteiger partial charge on any atom is 0.127 e. The third-order valence-corrected chi connectivity index (χ3v) is 2.58. The normalized spacial score (nSPS) is 13.8. The van der Waals surface area contributed by atoms with Crippen molar-refractivity contribution in [1.82, 2.24) is 0 Å². The maximum atomic E-state index is 5.94. The molecule has 1 rings (SSSR count). The van der Waals surface area contributed by atoms with Crippen molar-refractivity contribution in [2.75, 3.05) is 0 Å². The molecule has 0 bridgehead atoms. The summed E-state index contributed by atoms with van der Waals surface area (Å²) in [7, 11) is 0. The molecule has 0 saturated heterocycles. The van der Waals surface area contributed by atoms with Crippen molar-refractivity contribution in [3.8, 4) is 0 Å². The second kappa shape index (κ2) is 6.28. The second-order valence-electron chi connectivity index (χ2n) is 4.04. The van der Waals surface area contributed by atoms with Crippen LogP contribution in [0, 0.1) is 6.92 Å². The molecule has 1 aromatic carbocycles. The van der Waals surface area contributed by atoms with Crippen LogP contribution in [-0.4, -0.2) is 12.0 Å². The number of unbranched alkanes of at least 4 members (excludes halogenated alkanes) is 1. The second-order valence-corrected chi connectivity index (χ2v) is 4.04. The fraction of sp³-hybridized carbons (Fsp3) is 0.462. The lowest BCUT2D eigenvalue weighted by atomic mass is 10.1. The quantitative estimate of drug-likeness (QED) is 0.589. The van der Waals surface area contributed by atoms with Crippen LogP contribution < -0.4 is 11.5 Å². The first-order valence-corrected chi connectivity index (χ1v) is 5.80. The third-order valence-electron chi connectivity index (χ3n) is 2.58. The fourth-order valence-electron chi connectivity index (χ4n) is 1.59. The molecule has 0 spiro atoms. The Morgan fingerprint density at radius 2 is 2.06 bits per heavy atom. The van der Waals surface area contributed by atoms with Gasteiger partial charge in [-0.05, 0) is 18.9 Å². The smallest absolute Gasteiger partial charge is 0.127 e. The summed E-state index contributed by atoms with van der Waals surface area (Å²) in [5.41, 5.74) is 13.9. The van der Waals surface area contributed by atoms with E-state index < -0.39 is 0 Å². The monoisotopic (exact) mass is 219 g/mol. The molecule has 3 heteroatoms. The Morgan fingerprint density at radius 1 is 1.38 bits per heavy atom. The highest BCUT2D eigenvalue weighted by Gasteiger charge is 2.04. The average Bonchev–Trinajstić information content (AvgIpc) is 2.26. The zero-order valence-corrected chi connectivity index (χ0v) is 10.1. The number of hydrogen-bond donors (Lipinski definition) is 2. The molecule has 0 aliphatic rings. The summed E-state index contributed by atoms with van der Waals surface area (Å²) in [5, 5.41) is 0. The van der Waals surface area contributed by atoms with Crippen molar-refractivity contribution in [2.24, 2.45) is 16.5 Å². The van der Waals surface area contributed by atoms with E-state index in [1.54, 1.807) is 0 Å². The van der Waals surface area contributed by atoms with Gasteiger partial charge in [0.25, 0.3) is 0 Å². The number of nitrogens with two attached hydrogens (primary N) is 2. The van der Waals surface area contributed by atoms with E-state index in [1.807, 2.05) is 31.2 Å². The Labute approximate surface area is 97.6 Å². The molecule has 0 saturated carbocycles. The molecular weight excluding hydrogens is 198 g/mol. The summed E-state index contributed by atoms with van der Waals surface area (Å²) in [5.74, 6) is 0.543. The first kappa shape index (κ1) is 12.7. The standard InChI is InChI=1S/C13H21N3/c1-3-4-9-12(14)16-13(15)11-8-6-5-7-10(11)2/h5-8,12H,3-4,9,14H2,1-2H3,(H2,15,16). The van der Waals surface area contributed by atoms with Crippen LogP contribution in [0.2, 0.25) is 0 Å². The fourth-order valence-corrected chi connectivity index (χ4v) is 1.59. The number of benzene rings is 1. The van der Waals surface area contributed by atoms with Crippen LogP contribution in [0.4, 0.5) is 0 Å². The molecule has 4 N–H and O–H groups in total. The Hall–Kier alpha value is -1.35. The molecule has 0 aliphatic heterocycles. The van der Waals surface area contributed by atoms with Crippen LogP contribution in [-0.2, 0) is 0 Å². The van der Waals surface area contributed by atoms with E-state index in [4.69, 9.17) is 11.5 Å². The Kier molecular flexibility index (Phi) is 4.99. The summed E-state index contributed by atoms with van der Waals surface area (Å²) in [4.78, 5) is 4.32. The molecule has 1 aromatic rings. The average molecular weight is 219 g/mol. The Morgan fingerprint density at radius 3 is 2.69 bits per heavy atom. The van der Waals surface area contributed by atoms with Crippen LogP contribution in [0.25, 0.3) is 0 Å². The van der Waals surface area contributed by atoms with Gasteiger partial charge in [-0.1, -0.05) is 44.0 Å². The molecule has 0 aromatic heterocycles. The highest BCUT2D eigenvalue weighted by molar-refractivity contribution is 5.98. The molecule has 0 heterocycles. The van der Waals surface area contributed by atoms with Crippen LogP contribution in [0.3, 0.4) is 0 Å². The zero-order valence-electron chi connectivity index (χ0n) is 10.1. The van der Waals surface area contributed by atoms with Crippen molar-refractivity contribution in [3.63, 3.8) is 0 Å². The number of amidine groups is 1. The zero-order chi connectivity index (χ0) is 12.0. The number of aliphatic imine (C=N–C) groups is 1. The minimum Gasteiger partial charge on any atom is -0.383 e. The van der Waals surface area contributed by atoms with Crippen LogP contribution in [0.15, 0.2) is 29.3 Å². The van der Waals surface area contributed by atoms with Crippen LogP contribution in [0.1, 0.15) is 37.3 Å². The highest BCUT2D eigenvalue weighted by Crippen LogP contribution is 2.07. The van der Waals surface area contributed by atoms with Gasteiger partial charge in [0, 0.05) is 5.56 Å². The van der Waals surface area contributed by atoms with Gasteiger partial charge >= 0.3 is 0 Å². The highest BCUT2D eigenvalue weighted by atomic mass is 15.0. The van der Waals surface area contributed by atoms with Crippen LogP contribution >= 0.6 is 0 Å². The minimum atomic E-state index is -0.181. The first-order valence-electron chi connectivity index (χ1n) is 5.80. The van der Waals surface area contributed by atoms with Gasteiger partial charge in [-0.15, -0.1) is 0 Å². The van der Waals surface area contributed by atoms with Crippen molar-refractivity contribution < 1.29 is 0 Å². The van der Waals surface area contributed by atoms with Gasteiger partial charge in [0.1, 0.15) is 5.84 Å². The predicted molar refractivity (Wildman–Crippen MR) is 69.4 cm³/mol. The van der Waals surface area contributed by atoms with Gasteiger partial charge < -0.3 is 11.5 Å². The first-order chi connectivity index (χ1) is 7.65. The van der Waals surface area contributed by atoms with E-state index in [9.17, 15) is 0 Å². The topological polar surface area (TPSA) is 64.4 Å². The minimum absolute atomic E-state index is 0.181. The molecule has 1 atom stereocenters. The van der Waals surface area contributed by atoms with Crippen molar-refractivity contribution in [3.05, 3.63) is 35.4 Å². The molecular formula is C13H21N3. The summed E-state index contributed by atoms with van der Waals surface area (Å²) >= 11 is 0. The van der Waals surface area contributed by atoms with Gasteiger partial charge in [0.15, 0.2) is 0 Å². The third kappa shape index (κ3) is 3.66. The summed E-state index contributed by atoms with van der Waals surface area (Å²) in [6, 6.07) is 7.95. The molecule has 0 fully saturated rings. The van der Waals surface area contributed by atoms with Crippen LogP contribution in [0.5, 0.6) is 0 Å². The number of hydrogen-bond acceptors (Lipinski definition) is 2. The SMILES string of the molecule is CCCCC(N)/N=C(\N)c1ccccc1C. The molecule has 0 radical (unpaired) electrons. The summed E-state index contributed by atoms with van der Waals surface area (Å²) in [6.45, 7) is 4.16. The van der Waals surface area contributed by atoms with E-state index in [0.29, 0.717) is 5.84 Å². The lowest BCUT2D eigenvalue weighted by molar-refractivity contribution is 0.597. The van der Waals surface area contributed by atoms with E-state index in [1.165, 1.54) is 0 Å². The molecule has 16 heavy (non-hydrogen) atoms. The van der Waals surface area contributed by atoms with Gasteiger partial charge in [0.2, 0.25) is 0 Å². The predicted octanol–water partition coefficient (Wildman–Crippen LogP) is 2.18. The molecule has 0 aliphatic carbocycles. The molecule has 3 nitrogen and oxygen atoms in total. The Bertz CT molecular complexity index is 358. The van der Waals surface area contributed by atoms with Crippen molar-refractivity contribution in [1.29, 1.82) is 0 Å². The number of nitrogens with zero attached hydrogens (tertiary/aromatic N) is 1. The lowest BCUT2D eigenvalue weighted by Crippen LogP contribution is -2.24. The summed E-state index contributed by atoms with van der Waals surface area (Å²) in [6.07, 6.45) is 2.93. The number of aryl methyl sites for hydroxylation is 1. The molecule has 1 unspecified atom stereocenters. The van der Waals surface area contributed by atoms with Gasteiger partial charge in [0.05, 0.1) is 6.17 Å². The lowest BCUT2D eigenvalue weighted by Gasteiger charge is -2.09.